The second-order valence-corrected chi connectivity index (χ2v) is 3.47. The number of fused-ring (bicyclic) bond motifs is 1. The van der Waals surface area contributed by atoms with Crippen LogP contribution in [-0.2, 0) is 6.42 Å². The molecule has 88 valence electrons. The maximum Gasteiger partial charge on any atom is 0.356 e. The van der Waals surface area contributed by atoms with E-state index in [0.717, 1.165) is 0 Å². The van der Waals surface area contributed by atoms with E-state index in [4.69, 9.17) is 10.2 Å². The SMILES string of the molecule is CCc1nc(C(=O)O)c2cccc(C(=O)O)n12. The summed E-state index contributed by atoms with van der Waals surface area (Å²) in [6, 6.07) is 4.47. The molecule has 0 spiro atoms. The quantitative estimate of drug-likeness (QED) is 0.834. The van der Waals surface area contributed by atoms with Crippen molar-refractivity contribution >= 4 is 17.5 Å². The van der Waals surface area contributed by atoms with Crippen LogP contribution in [0.1, 0.15) is 33.7 Å². The number of rotatable bonds is 3. The topological polar surface area (TPSA) is 91.9 Å². The number of carbonyl (C=O) groups is 2. The first-order chi connectivity index (χ1) is 8.06. The number of hydrogen-bond donors (Lipinski definition) is 2. The van der Waals surface area contributed by atoms with Crippen LogP contribution in [0.25, 0.3) is 5.52 Å². The molecule has 17 heavy (non-hydrogen) atoms. The van der Waals surface area contributed by atoms with Crippen molar-refractivity contribution in [2.24, 2.45) is 0 Å². The molecule has 0 atom stereocenters. The molecule has 2 heterocycles. The average Bonchev–Trinajstić information content (AvgIpc) is 2.67. The van der Waals surface area contributed by atoms with Crippen molar-refractivity contribution in [3.8, 4) is 0 Å². The molecule has 0 unspecified atom stereocenters. The fraction of sp³-hybridized carbons (Fsp3) is 0.182. The Morgan fingerprint density at radius 1 is 1.29 bits per heavy atom. The van der Waals surface area contributed by atoms with Crippen LogP contribution >= 0.6 is 0 Å². The van der Waals surface area contributed by atoms with Gasteiger partial charge in [-0.2, -0.15) is 0 Å². The number of imidazole rings is 1. The predicted octanol–water partition coefficient (Wildman–Crippen LogP) is 1.29. The van der Waals surface area contributed by atoms with Gasteiger partial charge in [0.1, 0.15) is 11.5 Å². The van der Waals surface area contributed by atoms with E-state index in [1.165, 1.54) is 16.5 Å². The lowest BCUT2D eigenvalue weighted by Gasteiger charge is -2.03. The molecule has 0 radical (unpaired) electrons. The van der Waals surface area contributed by atoms with Gasteiger partial charge in [-0.3, -0.25) is 4.40 Å². The summed E-state index contributed by atoms with van der Waals surface area (Å²) < 4.78 is 1.37. The van der Waals surface area contributed by atoms with Crippen molar-refractivity contribution in [1.82, 2.24) is 9.38 Å². The highest BCUT2D eigenvalue weighted by Gasteiger charge is 2.19. The number of carboxylic acids is 2. The molecule has 0 amide bonds. The Bertz CT molecular complexity index is 615. The van der Waals surface area contributed by atoms with Crippen LogP contribution in [0.15, 0.2) is 18.2 Å². The molecule has 6 heteroatoms. The molecule has 0 saturated carbocycles. The van der Waals surface area contributed by atoms with E-state index in [0.29, 0.717) is 17.8 Å². The summed E-state index contributed by atoms with van der Waals surface area (Å²) in [5.74, 6) is -1.85. The van der Waals surface area contributed by atoms with Gasteiger partial charge in [-0.25, -0.2) is 14.6 Å². The summed E-state index contributed by atoms with van der Waals surface area (Å²) in [4.78, 5) is 26.0. The maximum absolute atomic E-state index is 11.1. The molecule has 6 nitrogen and oxygen atoms in total. The van der Waals surface area contributed by atoms with Crippen LogP contribution in [0.5, 0.6) is 0 Å². The minimum Gasteiger partial charge on any atom is -0.477 e. The molecule has 0 aromatic carbocycles. The van der Waals surface area contributed by atoms with E-state index in [-0.39, 0.29) is 11.4 Å². The van der Waals surface area contributed by atoms with E-state index < -0.39 is 11.9 Å². The number of aryl methyl sites for hydroxylation is 1. The molecule has 2 rings (SSSR count). The number of carboxylic acid groups (broad SMARTS) is 2. The lowest BCUT2D eigenvalue weighted by Crippen LogP contribution is -2.07. The zero-order valence-corrected chi connectivity index (χ0v) is 9.04. The highest BCUT2D eigenvalue weighted by molar-refractivity contribution is 5.95. The molecule has 0 fully saturated rings. The molecular formula is C11H10N2O4. The van der Waals surface area contributed by atoms with Crippen molar-refractivity contribution in [2.75, 3.05) is 0 Å². The van der Waals surface area contributed by atoms with Crippen molar-refractivity contribution in [1.29, 1.82) is 0 Å². The molecular weight excluding hydrogens is 224 g/mol. The highest BCUT2D eigenvalue weighted by atomic mass is 16.4. The fourth-order valence-electron chi connectivity index (χ4n) is 1.77. The van der Waals surface area contributed by atoms with Crippen LogP contribution in [-0.4, -0.2) is 31.5 Å². The van der Waals surface area contributed by atoms with Gasteiger partial charge in [-0.05, 0) is 12.1 Å². The molecule has 2 N–H and O–H groups in total. The van der Waals surface area contributed by atoms with E-state index in [9.17, 15) is 9.59 Å². The van der Waals surface area contributed by atoms with E-state index in [2.05, 4.69) is 4.98 Å². The lowest BCUT2D eigenvalue weighted by atomic mass is 10.3. The Morgan fingerprint density at radius 3 is 2.53 bits per heavy atom. The van der Waals surface area contributed by atoms with Gasteiger partial charge in [-0.1, -0.05) is 13.0 Å². The van der Waals surface area contributed by atoms with Crippen LogP contribution in [0.3, 0.4) is 0 Å². The summed E-state index contributed by atoms with van der Waals surface area (Å²) in [6.07, 6.45) is 0.457. The van der Waals surface area contributed by atoms with Crippen molar-refractivity contribution in [2.45, 2.75) is 13.3 Å². The first-order valence-electron chi connectivity index (χ1n) is 5.03. The summed E-state index contributed by atoms with van der Waals surface area (Å²) >= 11 is 0. The lowest BCUT2D eigenvalue weighted by molar-refractivity contribution is 0.0678. The van der Waals surface area contributed by atoms with Crippen molar-refractivity contribution < 1.29 is 19.8 Å². The van der Waals surface area contributed by atoms with Crippen molar-refractivity contribution in [3.05, 3.63) is 35.4 Å². The van der Waals surface area contributed by atoms with Crippen LogP contribution in [0.2, 0.25) is 0 Å². The van der Waals surface area contributed by atoms with Gasteiger partial charge in [0.2, 0.25) is 0 Å². The largest absolute Gasteiger partial charge is 0.477 e. The Balaban J connectivity index is 2.89. The van der Waals surface area contributed by atoms with Gasteiger partial charge in [-0.15, -0.1) is 0 Å². The standard InChI is InChI=1S/C11H10N2O4/c1-2-8-12-9(11(16)17)6-4-3-5-7(10(14)15)13(6)8/h3-5H,2H2,1H3,(H,14,15)(H,16,17). The maximum atomic E-state index is 11.1. The number of aromatic nitrogens is 2. The predicted molar refractivity (Wildman–Crippen MR) is 58.5 cm³/mol. The number of aromatic carboxylic acids is 2. The minimum absolute atomic E-state index is 0.0133. The van der Waals surface area contributed by atoms with E-state index in [1.807, 2.05) is 0 Å². The fourth-order valence-corrected chi connectivity index (χ4v) is 1.77. The van der Waals surface area contributed by atoms with Gasteiger partial charge in [0.15, 0.2) is 5.69 Å². The van der Waals surface area contributed by atoms with E-state index in [1.54, 1.807) is 13.0 Å². The zero-order valence-electron chi connectivity index (χ0n) is 9.04. The first kappa shape index (κ1) is 11.1. The third-order valence-electron chi connectivity index (χ3n) is 2.47. The highest BCUT2D eigenvalue weighted by Crippen LogP contribution is 2.16. The molecule has 0 bridgehead atoms. The van der Waals surface area contributed by atoms with Gasteiger partial charge in [0.05, 0.1) is 5.52 Å². The minimum atomic E-state index is -1.16. The molecule has 0 aliphatic carbocycles. The average molecular weight is 234 g/mol. The molecule has 2 aromatic heterocycles. The Labute approximate surface area is 96.1 Å². The monoisotopic (exact) mass is 234 g/mol. The van der Waals surface area contributed by atoms with Gasteiger partial charge < -0.3 is 10.2 Å². The van der Waals surface area contributed by atoms with E-state index >= 15 is 0 Å². The van der Waals surface area contributed by atoms with Crippen LogP contribution < -0.4 is 0 Å². The molecule has 0 saturated heterocycles. The first-order valence-corrected chi connectivity index (χ1v) is 5.03. The summed E-state index contributed by atoms with van der Waals surface area (Å²) in [6.45, 7) is 1.79. The second kappa shape index (κ2) is 3.89. The Hall–Kier alpha value is -2.37. The summed E-state index contributed by atoms with van der Waals surface area (Å²) in [5, 5.41) is 18.1. The molecule has 2 aromatic rings. The van der Waals surface area contributed by atoms with Crippen molar-refractivity contribution in [3.63, 3.8) is 0 Å². The Kier molecular flexibility index (Phi) is 2.55. The summed E-state index contributed by atoms with van der Waals surface area (Å²) in [5.41, 5.74) is 0.193. The third-order valence-corrected chi connectivity index (χ3v) is 2.47. The molecule has 0 aliphatic rings. The zero-order chi connectivity index (χ0) is 12.6. The second-order valence-electron chi connectivity index (χ2n) is 3.47. The normalized spacial score (nSPS) is 10.6. The smallest absolute Gasteiger partial charge is 0.356 e. The van der Waals surface area contributed by atoms with Gasteiger partial charge >= 0.3 is 11.9 Å². The summed E-state index contributed by atoms with van der Waals surface area (Å²) in [7, 11) is 0. The number of nitrogens with zero attached hydrogens (tertiary/aromatic N) is 2. The third kappa shape index (κ3) is 1.63. The van der Waals surface area contributed by atoms with Crippen LogP contribution in [0, 0.1) is 0 Å². The van der Waals surface area contributed by atoms with Gasteiger partial charge in [0.25, 0.3) is 0 Å². The Morgan fingerprint density at radius 2 is 2.00 bits per heavy atom. The number of pyridine rings is 1. The van der Waals surface area contributed by atoms with Crippen LogP contribution in [0.4, 0.5) is 0 Å². The molecule has 0 aliphatic heterocycles. The van der Waals surface area contributed by atoms with Gasteiger partial charge in [0, 0.05) is 6.42 Å². The number of hydrogen-bond acceptors (Lipinski definition) is 3.